The third kappa shape index (κ3) is 3.51. The third-order valence-electron chi connectivity index (χ3n) is 6.56. The molecular weight excluding hydrogens is 393 g/mol. The van der Waals surface area contributed by atoms with E-state index in [1.54, 1.807) is 29.2 Å². The number of carbonyl (C=O) groups is 1. The summed E-state index contributed by atoms with van der Waals surface area (Å²) in [6.07, 6.45) is 3.19. The lowest BCUT2D eigenvalue weighted by molar-refractivity contribution is 0.0949. The summed E-state index contributed by atoms with van der Waals surface area (Å²) >= 11 is 0. The Morgan fingerprint density at radius 3 is 2.58 bits per heavy atom. The molecule has 1 saturated heterocycles. The van der Waals surface area contributed by atoms with Crippen LogP contribution in [-0.4, -0.2) is 30.4 Å². The van der Waals surface area contributed by atoms with E-state index in [-0.39, 0.29) is 17.1 Å². The monoisotopic (exact) mass is 415 g/mol. The average molecular weight is 415 g/mol. The number of benzene rings is 2. The van der Waals surface area contributed by atoms with Gasteiger partial charge in [-0.3, -0.25) is 9.69 Å². The van der Waals surface area contributed by atoms with E-state index in [4.69, 9.17) is 9.68 Å². The first-order chi connectivity index (χ1) is 15.1. The molecule has 0 unspecified atom stereocenters. The molecule has 1 fully saturated rings. The maximum absolute atomic E-state index is 14.2. The van der Waals surface area contributed by atoms with Crippen molar-refractivity contribution in [1.82, 2.24) is 4.90 Å². The molecule has 0 saturated carbocycles. The number of fused-ring (bicyclic) bond motifs is 2. The molecule has 1 amide bonds. The van der Waals surface area contributed by atoms with E-state index in [0.29, 0.717) is 17.9 Å². The molecule has 1 spiro atoms. The molecule has 3 aromatic rings. The number of nitriles is 1. The fourth-order valence-corrected chi connectivity index (χ4v) is 4.87. The molecule has 2 aromatic carbocycles. The fraction of sp³-hybridized carbons (Fsp3) is 0.280. The highest BCUT2D eigenvalue weighted by atomic mass is 19.1. The predicted octanol–water partition coefficient (Wildman–Crippen LogP) is 4.48. The maximum Gasteiger partial charge on any atom is 0.293 e. The van der Waals surface area contributed by atoms with Crippen molar-refractivity contribution < 1.29 is 13.6 Å². The minimum absolute atomic E-state index is 0.185. The lowest BCUT2D eigenvalue weighted by atomic mass is 9.74. The number of carbonyl (C=O) groups excluding carboxylic acids is 1. The van der Waals surface area contributed by atoms with E-state index in [9.17, 15) is 9.18 Å². The standard InChI is InChI=1S/C25H22FN3O2/c26-20-7-8-22-21(14-20)25(17-29(22)24(30)23-2-1-13-31-23)9-11-28(12-10-25)16-19-5-3-18(15-27)4-6-19/h1-8,13-14H,9-12,16-17H2. The van der Waals surface area contributed by atoms with Crippen LogP contribution in [0.25, 0.3) is 0 Å². The maximum atomic E-state index is 14.2. The van der Waals surface area contributed by atoms with E-state index >= 15 is 0 Å². The van der Waals surface area contributed by atoms with E-state index < -0.39 is 0 Å². The summed E-state index contributed by atoms with van der Waals surface area (Å²) in [5.41, 5.74) is 3.28. The summed E-state index contributed by atoms with van der Waals surface area (Å²) in [5, 5.41) is 8.97. The molecule has 5 nitrogen and oxygen atoms in total. The summed E-state index contributed by atoms with van der Waals surface area (Å²) in [7, 11) is 0. The molecule has 0 radical (unpaired) electrons. The number of likely N-dealkylation sites (tertiary alicyclic amines) is 1. The van der Waals surface area contributed by atoms with Crippen molar-refractivity contribution >= 4 is 11.6 Å². The molecular formula is C25H22FN3O2. The van der Waals surface area contributed by atoms with E-state index in [0.717, 1.165) is 43.7 Å². The zero-order valence-corrected chi connectivity index (χ0v) is 17.1. The Hall–Kier alpha value is -3.43. The summed E-state index contributed by atoms with van der Waals surface area (Å²) in [4.78, 5) is 17.2. The van der Waals surface area contributed by atoms with Crippen LogP contribution in [0.5, 0.6) is 0 Å². The minimum Gasteiger partial charge on any atom is -0.459 e. The first kappa shape index (κ1) is 19.5. The van der Waals surface area contributed by atoms with Crippen LogP contribution in [-0.2, 0) is 12.0 Å². The van der Waals surface area contributed by atoms with Crippen LogP contribution < -0.4 is 4.90 Å². The van der Waals surface area contributed by atoms with Crippen LogP contribution >= 0.6 is 0 Å². The average Bonchev–Trinajstić information content (AvgIpc) is 3.43. The van der Waals surface area contributed by atoms with Crippen LogP contribution in [0.3, 0.4) is 0 Å². The highest BCUT2D eigenvalue weighted by molar-refractivity contribution is 6.06. The Labute approximate surface area is 180 Å². The Bertz CT molecular complexity index is 1140. The predicted molar refractivity (Wildman–Crippen MR) is 114 cm³/mol. The first-order valence-electron chi connectivity index (χ1n) is 10.4. The fourth-order valence-electron chi connectivity index (χ4n) is 4.87. The number of hydrogen-bond donors (Lipinski definition) is 0. The minimum atomic E-state index is -0.273. The van der Waals surface area contributed by atoms with Crippen molar-refractivity contribution in [2.24, 2.45) is 0 Å². The molecule has 2 aliphatic rings. The molecule has 0 aliphatic carbocycles. The molecule has 6 heteroatoms. The molecule has 31 heavy (non-hydrogen) atoms. The highest BCUT2D eigenvalue weighted by Gasteiger charge is 2.47. The largest absolute Gasteiger partial charge is 0.459 e. The zero-order valence-electron chi connectivity index (χ0n) is 17.1. The summed E-state index contributed by atoms with van der Waals surface area (Å²) in [5.74, 6) is -0.161. The van der Waals surface area contributed by atoms with Gasteiger partial charge in [-0.25, -0.2) is 4.39 Å². The van der Waals surface area contributed by atoms with Gasteiger partial charge in [0.25, 0.3) is 5.91 Å². The van der Waals surface area contributed by atoms with E-state index in [2.05, 4.69) is 11.0 Å². The van der Waals surface area contributed by atoms with Gasteiger partial charge in [0, 0.05) is 24.2 Å². The van der Waals surface area contributed by atoms with Crippen LogP contribution in [0.1, 0.15) is 40.1 Å². The summed E-state index contributed by atoms with van der Waals surface area (Å²) < 4.78 is 19.5. The van der Waals surface area contributed by atoms with Gasteiger partial charge in [0.05, 0.1) is 17.9 Å². The molecule has 5 rings (SSSR count). The van der Waals surface area contributed by atoms with Crippen LogP contribution in [0.2, 0.25) is 0 Å². The van der Waals surface area contributed by atoms with Gasteiger partial charge < -0.3 is 9.32 Å². The Morgan fingerprint density at radius 1 is 1.13 bits per heavy atom. The molecule has 0 atom stereocenters. The van der Waals surface area contributed by atoms with Gasteiger partial charge in [0.2, 0.25) is 0 Å². The van der Waals surface area contributed by atoms with Crippen LogP contribution in [0, 0.1) is 17.1 Å². The zero-order chi connectivity index (χ0) is 21.4. The van der Waals surface area contributed by atoms with Crippen molar-refractivity contribution in [1.29, 1.82) is 5.26 Å². The van der Waals surface area contributed by atoms with Gasteiger partial charge in [-0.1, -0.05) is 12.1 Å². The number of nitrogens with zero attached hydrogens (tertiary/aromatic N) is 3. The number of halogens is 1. The van der Waals surface area contributed by atoms with Crippen LogP contribution in [0.15, 0.2) is 65.3 Å². The molecule has 2 aliphatic heterocycles. The van der Waals surface area contributed by atoms with Crippen LogP contribution in [0.4, 0.5) is 10.1 Å². The summed E-state index contributed by atoms with van der Waals surface area (Å²) in [6.45, 7) is 3.07. The van der Waals surface area contributed by atoms with Gasteiger partial charge >= 0.3 is 0 Å². The number of furan rings is 1. The quantitative estimate of drug-likeness (QED) is 0.633. The van der Waals surface area contributed by atoms with Crippen molar-refractivity contribution in [3.63, 3.8) is 0 Å². The molecule has 3 heterocycles. The Kier molecular flexibility index (Phi) is 4.84. The molecule has 0 N–H and O–H groups in total. The number of anilines is 1. The van der Waals surface area contributed by atoms with Crippen molar-refractivity contribution in [2.75, 3.05) is 24.5 Å². The van der Waals surface area contributed by atoms with Crippen molar-refractivity contribution in [2.45, 2.75) is 24.8 Å². The Balaban J connectivity index is 1.36. The second-order valence-electron chi connectivity index (χ2n) is 8.40. The highest BCUT2D eigenvalue weighted by Crippen LogP contribution is 2.47. The van der Waals surface area contributed by atoms with Gasteiger partial charge in [-0.2, -0.15) is 5.26 Å². The molecule has 0 bridgehead atoms. The third-order valence-corrected chi connectivity index (χ3v) is 6.56. The SMILES string of the molecule is N#Cc1ccc(CN2CCC3(CC2)CN(C(=O)c2ccco2)c2ccc(F)cc23)cc1. The molecule has 156 valence electrons. The lowest BCUT2D eigenvalue weighted by Crippen LogP contribution is -2.45. The second-order valence-corrected chi connectivity index (χ2v) is 8.40. The number of amides is 1. The molecule has 1 aromatic heterocycles. The lowest BCUT2D eigenvalue weighted by Gasteiger charge is -2.40. The smallest absolute Gasteiger partial charge is 0.293 e. The first-order valence-corrected chi connectivity index (χ1v) is 10.4. The van der Waals surface area contributed by atoms with E-state index in [1.807, 2.05) is 24.3 Å². The topological polar surface area (TPSA) is 60.5 Å². The van der Waals surface area contributed by atoms with Crippen molar-refractivity contribution in [3.8, 4) is 6.07 Å². The number of hydrogen-bond acceptors (Lipinski definition) is 4. The summed E-state index contributed by atoms with van der Waals surface area (Å²) in [6, 6.07) is 17.9. The van der Waals surface area contributed by atoms with Gasteiger partial charge in [-0.15, -0.1) is 0 Å². The Morgan fingerprint density at radius 2 is 1.90 bits per heavy atom. The van der Waals surface area contributed by atoms with Gasteiger partial charge in [0.1, 0.15) is 5.82 Å². The van der Waals surface area contributed by atoms with E-state index in [1.165, 1.54) is 17.9 Å². The number of rotatable bonds is 3. The van der Waals surface area contributed by atoms with Gasteiger partial charge in [-0.05, 0) is 79.5 Å². The number of piperidine rings is 1. The second kappa shape index (κ2) is 7.68. The normalized spacial score (nSPS) is 17.5. The van der Waals surface area contributed by atoms with Gasteiger partial charge in [0.15, 0.2) is 5.76 Å². The van der Waals surface area contributed by atoms with Crippen molar-refractivity contribution in [3.05, 3.63) is 89.1 Å².